The van der Waals surface area contributed by atoms with Crippen LogP contribution >= 0.6 is 23.2 Å². The zero-order valence-corrected chi connectivity index (χ0v) is 15.3. The highest BCUT2D eigenvalue weighted by Crippen LogP contribution is 2.34. The molecular formula is C18H13Cl2N2O4-. The van der Waals surface area contributed by atoms with E-state index >= 15 is 0 Å². The molecule has 2 aromatic carbocycles. The van der Waals surface area contributed by atoms with Crippen molar-refractivity contribution in [3.8, 4) is 28.4 Å². The summed E-state index contributed by atoms with van der Waals surface area (Å²) in [4.78, 5) is 11.6. The Hall–Kier alpha value is -2.70. The van der Waals surface area contributed by atoms with Gasteiger partial charge in [-0.15, -0.1) is 0 Å². The highest BCUT2D eigenvalue weighted by Gasteiger charge is 2.16. The molecule has 0 atom stereocenters. The molecule has 0 fully saturated rings. The van der Waals surface area contributed by atoms with Gasteiger partial charge in [-0.2, -0.15) is 5.10 Å². The number of rotatable bonds is 5. The highest BCUT2D eigenvalue weighted by atomic mass is 35.5. The number of aromatic carboxylic acids is 1. The van der Waals surface area contributed by atoms with Gasteiger partial charge in [-0.3, -0.25) is 0 Å². The first-order valence-corrected chi connectivity index (χ1v) is 8.19. The van der Waals surface area contributed by atoms with Gasteiger partial charge in [-0.05, 0) is 36.4 Å². The minimum Gasteiger partial charge on any atom is -0.543 e. The molecule has 0 aliphatic rings. The van der Waals surface area contributed by atoms with Crippen LogP contribution in [0.25, 0.3) is 16.9 Å². The Balaban J connectivity index is 2.16. The molecule has 0 unspecified atom stereocenters. The van der Waals surface area contributed by atoms with Crippen molar-refractivity contribution in [3.05, 3.63) is 58.2 Å². The summed E-state index contributed by atoms with van der Waals surface area (Å²) in [7, 11) is 3.05. The summed E-state index contributed by atoms with van der Waals surface area (Å²) in [6.45, 7) is 0. The van der Waals surface area contributed by atoms with E-state index in [-0.39, 0.29) is 10.7 Å². The molecule has 8 heteroatoms. The van der Waals surface area contributed by atoms with Crippen LogP contribution in [0.4, 0.5) is 0 Å². The number of benzene rings is 2. The van der Waals surface area contributed by atoms with Crippen molar-refractivity contribution >= 4 is 29.2 Å². The Labute approximate surface area is 159 Å². The van der Waals surface area contributed by atoms with E-state index < -0.39 is 5.97 Å². The first-order chi connectivity index (χ1) is 12.4. The number of hydrogen-bond acceptors (Lipinski definition) is 5. The lowest BCUT2D eigenvalue weighted by atomic mass is 10.1. The Bertz CT molecular complexity index is 985. The summed E-state index contributed by atoms with van der Waals surface area (Å²) in [5, 5.41) is 16.6. The molecular weight excluding hydrogens is 379 g/mol. The van der Waals surface area contributed by atoms with E-state index in [0.29, 0.717) is 33.5 Å². The van der Waals surface area contributed by atoms with Gasteiger partial charge >= 0.3 is 0 Å². The summed E-state index contributed by atoms with van der Waals surface area (Å²) in [5.74, 6) is -0.273. The lowest BCUT2D eigenvalue weighted by Gasteiger charge is -2.09. The molecule has 134 valence electrons. The van der Waals surface area contributed by atoms with Crippen molar-refractivity contribution in [2.45, 2.75) is 0 Å². The third-order valence-corrected chi connectivity index (χ3v) is 4.49. The van der Waals surface area contributed by atoms with Gasteiger partial charge in [0.05, 0.1) is 47.3 Å². The number of carbonyl (C=O) groups excluding carboxylic acids is 1. The molecule has 0 aliphatic heterocycles. The van der Waals surface area contributed by atoms with Crippen LogP contribution in [-0.2, 0) is 0 Å². The Morgan fingerprint density at radius 3 is 2.42 bits per heavy atom. The maximum absolute atomic E-state index is 11.6. The molecule has 0 saturated heterocycles. The van der Waals surface area contributed by atoms with Crippen LogP contribution in [0.5, 0.6) is 11.5 Å². The van der Waals surface area contributed by atoms with E-state index in [0.717, 1.165) is 0 Å². The number of hydrogen-bond donors (Lipinski definition) is 0. The predicted octanol–water partition coefficient (Wildman–Crippen LogP) is 3.23. The number of carbonyl (C=O) groups is 1. The van der Waals surface area contributed by atoms with Crippen molar-refractivity contribution < 1.29 is 19.4 Å². The normalized spacial score (nSPS) is 10.6. The predicted molar refractivity (Wildman–Crippen MR) is 96.5 cm³/mol. The fourth-order valence-corrected chi connectivity index (χ4v) is 2.77. The van der Waals surface area contributed by atoms with Gasteiger partial charge in [0.1, 0.15) is 11.5 Å². The van der Waals surface area contributed by atoms with Gasteiger partial charge in [0.15, 0.2) is 0 Å². The average molecular weight is 392 g/mol. The summed E-state index contributed by atoms with van der Waals surface area (Å²) in [6, 6.07) is 11.3. The van der Waals surface area contributed by atoms with Crippen LogP contribution in [0, 0.1) is 0 Å². The first kappa shape index (κ1) is 18.1. The third kappa shape index (κ3) is 3.34. The van der Waals surface area contributed by atoms with Gasteiger partial charge < -0.3 is 19.4 Å². The number of aromatic nitrogens is 2. The third-order valence-electron chi connectivity index (χ3n) is 3.75. The number of carboxylic acid groups (broad SMARTS) is 1. The summed E-state index contributed by atoms with van der Waals surface area (Å²) >= 11 is 12.0. The van der Waals surface area contributed by atoms with Crippen molar-refractivity contribution in [1.82, 2.24) is 9.78 Å². The molecule has 1 heterocycles. The lowest BCUT2D eigenvalue weighted by molar-refractivity contribution is -0.255. The van der Waals surface area contributed by atoms with E-state index in [1.165, 1.54) is 23.9 Å². The Kier molecular flexibility index (Phi) is 5.06. The van der Waals surface area contributed by atoms with E-state index in [2.05, 4.69) is 5.10 Å². The van der Waals surface area contributed by atoms with E-state index in [1.807, 2.05) is 0 Å². The molecule has 0 bridgehead atoms. The van der Waals surface area contributed by atoms with Crippen molar-refractivity contribution in [1.29, 1.82) is 0 Å². The fraction of sp³-hybridized carbons (Fsp3) is 0.111. The molecule has 0 aliphatic carbocycles. The van der Waals surface area contributed by atoms with Gasteiger partial charge in [0, 0.05) is 11.6 Å². The molecule has 6 nitrogen and oxygen atoms in total. The zero-order valence-electron chi connectivity index (χ0n) is 13.8. The fourth-order valence-electron chi connectivity index (χ4n) is 2.48. The average Bonchev–Trinajstić information content (AvgIpc) is 3.08. The summed E-state index contributed by atoms with van der Waals surface area (Å²) in [5.41, 5.74) is 1.32. The highest BCUT2D eigenvalue weighted by molar-refractivity contribution is 6.42. The summed E-state index contributed by atoms with van der Waals surface area (Å²) < 4.78 is 11.8. The van der Waals surface area contributed by atoms with E-state index in [1.54, 1.807) is 37.4 Å². The minimum atomic E-state index is -1.37. The van der Waals surface area contributed by atoms with Crippen LogP contribution in [0.15, 0.2) is 42.5 Å². The number of methoxy groups -OCH3 is 2. The Morgan fingerprint density at radius 2 is 1.81 bits per heavy atom. The molecule has 0 spiro atoms. The monoisotopic (exact) mass is 391 g/mol. The van der Waals surface area contributed by atoms with Crippen LogP contribution < -0.4 is 14.6 Å². The second-order valence-corrected chi connectivity index (χ2v) is 6.09. The van der Waals surface area contributed by atoms with Crippen molar-refractivity contribution in [2.75, 3.05) is 14.2 Å². The molecule has 0 saturated carbocycles. The maximum atomic E-state index is 11.6. The van der Waals surface area contributed by atoms with Gasteiger partial charge in [0.2, 0.25) is 0 Å². The quantitative estimate of drug-likeness (QED) is 0.667. The van der Waals surface area contributed by atoms with E-state index in [9.17, 15) is 9.90 Å². The van der Waals surface area contributed by atoms with Crippen LogP contribution in [0.1, 0.15) is 10.5 Å². The SMILES string of the molecule is COc1ccc(-c2cc(C(=O)[O-])n(-c3ccc(Cl)c(Cl)c3)n2)c(OC)c1. The number of carboxylic acids is 1. The molecule has 3 aromatic rings. The maximum Gasteiger partial charge on any atom is 0.132 e. The molecule has 0 radical (unpaired) electrons. The second-order valence-electron chi connectivity index (χ2n) is 5.28. The lowest BCUT2D eigenvalue weighted by Crippen LogP contribution is -2.25. The summed E-state index contributed by atoms with van der Waals surface area (Å²) in [6.07, 6.45) is 0. The van der Waals surface area contributed by atoms with Crippen LogP contribution in [-0.4, -0.2) is 30.0 Å². The van der Waals surface area contributed by atoms with Crippen molar-refractivity contribution in [3.63, 3.8) is 0 Å². The van der Waals surface area contributed by atoms with E-state index in [4.69, 9.17) is 32.7 Å². The van der Waals surface area contributed by atoms with Gasteiger partial charge in [-0.25, -0.2) is 4.68 Å². The van der Waals surface area contributed by atoms with Crippen molar-refractivity contribution in [2.24, 2.45) is 0 Å². The largest absolute Gasteiger partial charge is 0.543 e. The second kappa shape index (κ2) is 7.27. The molecule has 0 N–H and O–H groups in total. The zero-order chi connectivity index (χ0) is 18.8. The smallest absolute Gasteiger partial charge is 0.132 e. The molecule has 26 heavy (non-hydrogen) atoms. The number of ether oxygens (including phenoxy) is 2. The van der Waals surface area contributed by atoms with Crippen LogP contribution in [0.3, 0.4) is 0 Å². The topological polar surface area (TPSA) is 76.4 Å². The minimum absolute atomic E-state index is 0.128. The standard InChI is InChI=1S/C18H14Cl2N2O4/c1-25-11-4-5-12(17(8-11)26-2)15-9-16(18(23)24)22(21-15)10-3-6-13(19)14(20)7-10/h3-9H,1-2H3,(H,23,24)/p-1. The number of halogens is 2. The molecule has 3 rings (SSSR count). The Morgan fingerprint density at radius 1 is 1.04 bits per heavy atom. The number of nitrogens with zero attached hydrogens (tertiary/aromatic N) is 2. The molecule has 1 aromatic heterocycles. The van der Waals surface area contributed by atoms with Gasteiger partial charge in [-0.1, -0.05) is 23.2 Å². The van der Waals surface area contributed by atoms with Crippen LogP contribution in [0.2, 0.25) is 10.0 Å². The van der Waals surface area contributed by atoms with Gasteiger partial charge in [0.25, 0.3) is 0 Å². The first-order valence-electron chi connectivity index (χ1n) is 7.44. The molecule has 0 amide bonds.